The molecule has 4 nitrogen and oxygen atoms in total. The molecule has 1 saturated heterocycles. The number of piperidine rings is 1. The molecule has 0 radical (unpaired) electrons. The van der Waals surface area contributed by atoms with Crippen molar-refractivity contribution in [2.45, 2.75) is 51.0 Å². The molecule has 0 saturated carbocycles. The van der Waals surface area contributed by atoms with Gasteiger partial charge in [-0.2, -0.15) is 0 Å². The van der Waals surface area contributed by atoms with E-state index in [-0.39, 0.29) is 28.3 Å². The van der Waals surface area contributed by atoms with Gasteiger partial charge >= 0.3 is 0 Å². The van der Waals surface area contributed by atoms with Crippen molar-refractivity contribution in [2.24, 2.45) is 0 Å². The van der Waals surface area contributed by atoms with Gasteiger partial charge in [0.1, 0.15) is 17.3 Å². The zero-order valence-corrected chi connectivity index (χ0v) is 15.9. The van der Waals surface area contributed by atoms with Crippen molar-refractivity contribution in [1.29, 1.82) is 0 Å². The zero-order valence-electron chi connectivity index (χ0n) is 23.1. The number of likely N-dealkylation sites (tertiary alicyclic amines) is 1. The molecule has 1 aromatic carbocycles. The second kappa shape index (κ2) is 8.95. The van der Waals surface area contributed by atoms with Crippen molar-refractivity contribution in [1.82, 2.24) is 14.9 Å². The summed E-state index contributed by atoms with van der Waals surface area (Å²) < 4.78 is 94.7. The largest absolute Gasteiger partial charge is 0.338 e. The minimum Gasteiger partial charge on any atom is -0.338 e. The lowest BCUT2D eigenvalue weighted by Gasteiger charge is -2.36. The van der Waals surface area contributed by atoms with Crippen LogP contribution >= 0.6 is 11.6 Å². The molecule has 1 aliphatic rings. The van der Waals surface area contributed by atoms with Crippen LogP contribution in [0.2, 0.25) is 5.02 Å². The Morgan fingerprint density at radius 1 is 1.36 bits per heavy atom. The molecule has 1 amide bonds. The molecule has 0 spiro atoms. The Morgan fingerprint density at radius 2 is 2.04 bits per heavy atom. The highest BCUT2D eigenvalue weighted by Gasteiger charge is 2.35. The number of aromatic nitrogens is 2. The lowest BCUT2D eigenvalue weighted by Crippen LogP contribution is -2.44. The standard InChI is InChI=1S/C21H24ClF2N3O/c1-2-15-13-25-19(26-14-15)4-3-7-21(24)8-10-27(11-9-21)20(28)16-5-6-18(23)17(22)12-16/h5-6,12-14H,2-4,7-11H2,1H3/i2D2,7D2,10D2,11D2. The Balaban J connectivity index is 1.82. The van der Waals surface area contributed by atoms with Gasteiger partial charge in [0.05, 0.1) is 5.02 Å². The van der Waals surface area contributed by atoms with E-state index in [1.165, 1.54) is 19.3 Å². The van der Waals surface area contributed by atoms with Crippen LogP contribution < -0.4 is 0 Å². The number of carbonyl (C=O) groups is 1. The number of amides is 1. The van der Waals surface area contributed by atoms with Crippen molar-refractivity contribution in [3.63, 3.8) is 0 Å². The summed E-state index contributed by atoms with van der Waals surface area (Å²) in [6.45, 7) is -4.56. The third-order valence-corrected chi connectivity index (χ3v) is 4.48. The Hall–Kier alpha value is -2.08. The summed E-state index contributed by atoms with van der Waals surface area (Å²) in [5, 5.41) is -0.430. The predicted molar refractivity (Wildman–Crippen MR) is 105 cm³/mol. The second-order valence-electron chi connectivity index (χ2n) is 6.22. The average Bonchev–Trinajstić information content (AvgIpc) is 2.71. The quantitative estimate of drug-likeness (QED) is 0.680. The fraction of sp³-hybridized carbons (Fsp3) is 0.476. The molecule has 1 aliphatic heterocycles. The van der Waals surface area contributed by atoms with E-state index < -0.39 is 67.4 Å². The van der Waals surface area contributed by atoms with E-state index >= 15 is 4.39 Å². The fourth-order valence-electron chi connectivity index (χ4n) is 2.57. The summed E-state index contributed by atoms with van der Waals surface area (Å²) in [4.78, 5) is 21.1. The van der Waals surface area contributed by atoms with E-state index in [1.54, 1.807) is 0 Å². The van der Waals surface area contributed by atoms with Crippen LogP contribution in [-0.2, 0) is 12.8 Å². The summed E-state index contributed by atoms with van der Waals surface area (Å²) in [5.41, 5.74) is -3.10. The van der Waals surface area contributed by atoms with Crippen molar-refractivity contribution >= 4 is 17.5 Å². The maximum absolute atomic E-state index is 16.1. The molecule has 0 bridgehead atoms. The first kappa shape index (κ1) is 12.5. The maximum Gasteiger partial charge on any atom is 0.253 e. The van der Waals surface area contributed by atoms with Gasteiger partial charge in [-0.1, -0.05) is 18.5 Å². The normalized spacial score (nSPS) is 25.1. The molecular weight excluding hydrogens is 384 g/mol. The summed E-state index contributed by atoms with van der Waals surface area (Å²) in [6.07, 6.45) is -4.92. The summed E-state index contributed by atoms with van der Waals surface area (Å²) in [6, 6.07) is 2.78. The number of alkyl halides is 1. The van der Waals surface area contributed by atoms with E-state index in [9.17, 15) is 9.18 Å². The first-order valence-corrected chi connectivity index (χ1v) is 8.97. The first-order chi connectivity index (χ1) is 16.3. The van der Waals surface area contributed by atoms with Gasteiger partial charge in [-0.25, -0.2) is 18.7 Å². The predicted octanol–water partition coefficient (Wildman–Crippen LogP) is 4.80. The fourth-order valence-corrected chi connectivity index (χ4v) is 2.75. The minimum atomic E-state index is -3.00. The lowest BCUT2D eigenvalue weighted by atomic mass is 9.88. The molecule has 150 valence electrons. The SMILES string of the molecule is [2H]C([2H])(C)c1cnc(CCC([2H])([2H])C2(F)CC([2H])([2H])N(C(=O)c3ccc(F)c(Cl)c3)C([2H])([2H])C2)nc1. The van der Waals surface area contributed by atoms with Crippen LogP contribution in [0.5, 0.6) is 0 Å². The number of halogens is 3. The van der Waals surface area contributed by atoms with Crippen LogP contribution in [-0.4, -0.2) is 39.4 Å². The van der Waals surface area contributed by atoms with Gasteiger partial charge in [-0.3, -0.25) is 4.79 Å². The van der Waals surface area contributed by atoms with Crippen LogP contribution in [0.3, 0.4) is 0 Å². The zero-order chi connectivity index (χ0) is 27.3. The van der Waals surface area contributed by atoms with Crippen molar-refractivity contribution in [2.75, 3.05) is 13.0 Å². The van der Waals surface area contributed by atoms with E-state index in [0.717, 1.165) is 18.2 Å². The number of hydrogen-bond acceptors (Lipinski definition) is 3. The van der Waals surface area contributed by atoms with Crippen molar-refractivity contribution in [3.8, 4) is 0 Å². The molecule has 2 heterocycles. The smallest absolute Gasteiger partial charge is 0.253 e. The number of nitrogens with zero attached hydrogens (tertiary/aromatic N) is 3. The highest BCUT2D eigenvalue weighted by molar-refractivity contribution is 6.31. The third kappa shape index (κ3) is 5.04. The van der Waals surface area contributed by atoms with E-state index in [0.29, 0.717) is 0 Å². The highest BCUT2D eigenvalue weighted by atomic mass is 35.5. The maximum atomic E-state index is 16.1. The first-order valence-electron chi connectivity index (χ1n) is 12.6. The molecule has 0 N–H and O–H groups in total. The molecule has 2 aromatic rings. The topological polar surface area (TPSA) is 46.1 Å². The second-order valence-corrected chi connectivity index (χ2v) is 6.63. The van der Waals surface area contributed by atoms with E-state index in [1.807, 2.05) is 0 Å². The minimum absolute atomic E-state index is 0.113. The number of carbonyl (C=O) groups excluding carboxylic acids is 1. The number of benzene rings is 1. The van der Waals surface area contributed by atoms with Crippen molar-refractivity contribution in [3.05, 3.63) is 58.4 Å². The Morgan fingerprint density at radius 3 is 2.64 bits per heavy atom. The molecule has 28 heavy (non-hydrogen) atoms. The van der Waals surface area contributed by atoms with Gasteiger partial charge < -0.3 is 4.90 Å². The Bertz CT molecular complexity index is 1130. The number of rotatable bonds is 6. The van der Waals surface area contributed by atoms with E-state index in [4.69, 9.17) is 22.6 Å². The molecule has 0 unspecified atom stereocenters. The van der Waals surface area contributed by atoms with Crippen molar-refractivity contribution < 1.29 is 24.5 Å². The number of aryl methyl sites for hydroxylation is 2. The molecule has 3 rings (SSSR count). The van der Waals surface area contributed by atoms with Gasteiger partial charge in [0.2, 0.25) is 0 Å². The molecule has 1 aromatic heterocycles. The third-order valence-electron chi connectivity index (χ3n) is 4.19. The summed E-state index contributed by atoms with van der Waals surface area (Å²) in [5.74, 6) is -1.90. The van der Waals surface area contributed by atoms with Gasteiger partial charge in [0.25, 0.3) is 5.91 Å². The molecule has 0 atom stereocenters. The lowest BCUT2D eigenvalue weighted by molar-refractivity contribution is 0.0389. The van der Waals surface area contributed by atoms with Crippen LogP contribution in [0.4, 0.5) is 8.78 Å². The summed E-state index contributed by atoms with van der Waals surface area (Å²) in [7, 11) is 0. The highest BCUT2D eigenvalue weighted by Crippen LogP contribution is 2.32. The number of hydrogen-bond donors (Lipinski definition) is 0. The Labute approximate surface area is 180 Å². The van der Waals surface area contributed by atoms with Gasteiger partial charge in [-0.05, 0) is 55.8 Å². The van der Waals surface area contributed by atoms with E-state index in [2.05, 4.69) is 9.97 Å². The Kier molecular flexibility index (Phi) is 3.99. The molecule has 1 fully saturated rings. The monoisotopic (exact) mass is 415 g/mol. The average molecular weight is 416 g/mol. The molecular formula is C21H24ClF2N3O. The molecule has 0 aliphatic carbocycles. The van der Waals surface area contributed by atoms with Gasteiger partial charge in [0.15, 0.2) is 0 Å². The molecule has 7 heteroatoms. The van der Waals surface area contributed by atoms with Crippen LogP contribution in [0, 0.1) is 5.82 Å². The van der Waals surface area contributed by atoms with Crippen LogP contribution in [0.15, 0.2) is 30.6 Å². The van der Waals surface area contributed by atoms with Crippen LogP contribution in [0.25, 0.3) is 0 Å². The van der Waals surface area contributed by atoms with Gasteiger partial charge in [-0.15, -0.1) is 0 Å². The summed E-state index contributed by atoms with van der Waals surface area (Å²) >= 11 is 5.69. The van der Waals surface area contributed by atoms with Crippen LogP contribution in [0.1, 0.15) is 65.3 Å². The van der Waals surface area contributed by atoms with Gasteiger partial charge in [0, 0.05) is 48.3 Å².